The molecule has 4 heteroatoms. The molecule has 3 rings (SSSR count). The maximum absolute atomic E-state index is 11.4. The van der Waals surface area contributed by atoms with Crippen molar-refractivity contribution >= 4 is 23.2 Å². The SMILES string of the molecule is Cc1ccccc1C(O)c1cc2c(cc1Cl)NC(=O)C2. The molecule has 20 heavy (non-hydrogen) atoms. The van der Waals surface area contributed by atoms with Gasteiger partial charge in [0.1, 0.15) is 6.10 Å². The van der Waals surface area contributed by atoms with Gasteiger partial charge in [0.2, 0.25) is 5.91 Å². The molecule has 2 aromatic carbocycles. The predicted octanol–water partition coefficient (Wildman–Crippen LogP) is 3.22. The van der Waals surface area contributed by atoms with E-state index in [2.05, 4.69) is 5.32 Å². The minimum Gasteiger partial charge on any atom is -0.384 e. The Morgan fingerprint density at radius 3 is 2.75 bits per heavy atom. The van der Waals surface area contributed by atoms with Crippen molar-refractivity contribution in [2.75, 3.05) is 5.32 Å². The lowest BCUT2D eigenvalue weighted by atomic mass is 9.95. The maximum atomic E-state index is 11.4. The van der Waals surface area contributed by atoms with Gasteiger partial charge in [0.15, 0.2) is 0 Å². The molecule has 1 amide bonds. The smallest absolute Gasteiger partial charge is 0.228 e. The first kappa shape index (κ1) is 13.2. The van der Waals surface area contributed by atoms with Gasteiger partial charge in [-0.2, -0.15) is 0 Å². The van der Waals surface area contributed by atoms with Gasteiger partial charge in [0.05, 0.1) is 6.42 Å². The molecule has 0 bridgehead atoms. The first-order valence-corrected chi connectivity index (χ1v) is 6.80. The van der Waals surface area contributed by atoms with Crippen LogP contribution >= 0.6 is 11.6 Å². The summed E-state index contributed by atoms with van der Waals surface area (Å²) in [5.74, 6) is -0.0430. The number of benzene rings is 2. The summed E-state index contributed by atoms with van der Waals surface area (Å²) in [6.07, 6.45) is -0.454. The zero-order chi connectivity index (χ0) is 14.3. The molecule has 1 aliphatic heterocycles. The number of aliphatic hydroxyl groups excluding tert-OH is 1. The van der Waals surface area contributed by atoms with Crippen LogP contribution in [0.2, 0.25) is 5.02 Å². The van der Waals surface area contributed by atoms with E-state index in [1.54, 1.807) is 6.07 Å². The summed E-state index contributed by atoms with van der Waals surface area (Å²) in [6, 6.07) is 11.2. The summed E-state index contributed by atoms with van der Waals surface area (Å²) in [4.78, 5) is 11.4. The van der Waals surface area contributed by atoms with E-state index in [4.69, 9.17) is 11.6 Å². The second kappa shape index (κ2) is 4.93. The molecule has 1 heterocycles. The second-order valence-electron chi connectivity index (χ2n) is 5.01. The number of amides is 1. The van der Waals surface area contributed by atoms with Crippen molar-refractivity contribution in [2.45, 2.75) is 19.4 Å². The fourth-order valence-electron chi connectivity index (χ4n) is 2.54. The van der Waals surface area contributed by atoms with Crippen molar-refractivity contribution in [3.63, 3.8) is 0 Å². The highest BCUT2D eigenvalue weighted by atomic mass is 35.5. The summed E-state index contributed by atoms with van der Waals surface area (Å²) in [7, 11) is 0. The van der Waals surface area contributed by atoms with Crippen molar-refractivity contribution in [1.82, 2.24) is 0 Å². The molecular formula is C16H14ClNO2. The quantitative estimate of drug-likeness (QED) is 0.891. The van der Waals surface area contributed by atoms with Crippen LogP contribution in [0.3, 0.4) is 0 Å². The van der Waals surface area contributed by atoms with E-state index in [9.17, 15) is 9.90 Å². The number of carbonyl (C=O) groups excluding carboxylic acids is 1. The largest absolute Gasteiger partial charge is 0.384 e. The Morgan fingerprint density at radius 2 is 2.00 bits per heavy atom. The minimum absolute atomic E-state index is 0.0430. The van der Waals surface area contributed by atoms with Crippen LogP contribution < -0.4 is 5.32 Å². The van der Waals surface area contributed by atoms with Crippen molar-refractivity contribution < 1.29 is 9.90 Å². The second-order valence-corrected chi connectivity index (χ2v) is 5.42. The molecule has 2 N–H and O–H groups in total. The molecule has 0 spiro atoms. The maximum Gasteiger partial charge on any atom is 0.228 e. The molecule has 0 saturated carbocycles. The van der Waals surface area contributed by atoms with E-state index in [0.29, 0.717) is 17.0 Å². The molecule has 0 radical (unpaired) electrons. The molecule has 0 aliphatic carbocycles. The molecule has 0 aromatic heterocycles. The zero-order valence-electron chi connectivity index (χ0n) is 11.0. The van der Waals surface area contributed by atoms with Gasteiger partial charge < -0.3 is 10.4 Å². The first-order valence-electron chi connectivity index (χ1n) is 6.42. The fourth-order valence-corrected chi connectivity index (χ4v) is 2.80. The Morgan fingerprint density at radius 1 is 1.25 bits per heavy atom. The topological polar surface area (TPSA) is 49.3 Å². The van der Waals surface area contributed by atoms with Gasteiger partial charge in [-0.1, -0.05) is 35.9 Å². The lowest BCUT2D eigenvalue weighted by Gasteiger charge is -2.16. The number of hydrogen-bond donors (Lipinski definition) is 2. The van der Waals surface area contributed by atoms with Crippen LogP contribution in [0.15, 0.2) is 36.4 Å². The number of nitrogens with one attached hydrogen (secondary N) is 1. The van der Waals surface area contributed by atoms with Gasteiger partial charge in [-0.15, -0.1) is 0 Å². The number of halogens is 1. The Kier molecular flexibility index (Phi) is 3.24. The van der Waals surface area contributed by atoms with Crippen LogP contribution in [-0.2, 0) is 11.2 Å². The highest BCUT2D eigenvalue weighted by Crippen LogP contribution is 2.35. The average Bonchev–Trinajstić information content (AvgIpc) is 2.76. The zero-order valence-corrected chi connectivity index (χ0v) is 11.7. The van der Waals surface area contributed by atoms with Crippen LogP contribution in [0.4, 0.5) is 5.69 Å². The molecule has 1 aliphatic rings. The summed E-state index contributed by atoms with van der Waals surface area (Å²) in [6.45, 7) is 1.95. The van der Waals surface area contributed by atoms with Crippen LogP contribution in [0.1, 0.15) is 28.4 Å². The van der Waals surface area contributed by atoms with Gasteiger partial charge in [-0.05, 0) is 35.7 Å². The van der Waals surface area contributed by atoms with Gasteiger partial charge in [0, 0.05) is 16.3 Å². The molecule has 102 valence electrons. The van der Waals surface area contributed by atoms with Gasteiger partial charge >= 0.3 is 0 Å². The van der Waals surface area contributed by atoms with Crippen LogP contribution in [0, 0.1) is 6.92 Å². The van der Waals surface area contributed by atoms with Crippen LogP contribution in [0.5, 0.6) is 0 Å². The highest BCUT2D eigenvalue weighted by molar-refractivity contribution is 6.32. The number of aryl methyl sites for hydroxylation is 1. The van der Waals surface area contributed by atoms with E-state index in [1.807, 2.05) is 37.3 Å². The highest BCUT2D eigenvalue weighted by Gasteiger charge is 2.23. The number of aliphatic hydroxyl groups is 1. The normalized spacial score (nSPS) is 14.8. The van der Waals surface area contributed by atoms with E-state index in [-0.39, 0.29) is 5.91 Å². The lowest BCUT2D eigenvalue weighted by Crippen LogP contribution is -2.03. The number of anilines is 1. The summed E-state index contributed by atoms with van der Waals surface area (Å²) < 4.78 is 0. The van der Waals surface area contributed by atoms with E-state index < -0.39 is 6.10 Å². The summed E-state index contributed by atoms with van der Waals surface area (Å²) in [5.41, 5.74) is 4.08. The number of carbonyl (C=O) groups is 1. The summed E-state index contributed by atoms with van der Waals surface area (Å²) >= 11 is 6.24. The van der Waals surface area contributed by atoms with Gasteiger partial charge in [0.25, 0.3) is 0 Å². The summed E-state index contributed by atoms with van der Waals surface area (Å²) in [5, 5.41) is 13.8. The first-order chi connectivity index (χ1) is 9.56. The van der Waals surface area contributed by atoms with Crippen molar-refractivity contribution in [1.29, 1.82) is 0 Å². The van der Waals surface area contributed by atoms with Crippen molar-refractivity contribution in [3.8, 4) is 0 Å². The van der Waals surface area contributed by atoms with Crippen LogP contribution in [0.25, 0.3) is 0 Å². The predicted molar refractivity (Wildman–Crippen MR) is 79.0 cm³/mol. The Balaban J connectivity index is 2.05. The van der Waals surface area contributed by atoms with E-state index in [1.165, 1.54) is 0 Å². The molecule has 0 saturated heterocycles. The number of hydrogen-bond acceptors (Lipinski definition) is 2. The number of rotatable bonds is 2. The fraction of sp³-hybridized carbons (Fsp3) is 0.188. The average molecular weight is 288 g/mol. The Bertz CT molecular complexity index is 697. The van der Waals surface area contributed by atoms with Gasteiger partial charge in [-0.25, -0.2) is 0 Å². The molecule has 3 nitrogen and oxygen atoms in total. The third-order valence-corrected chi connectivity index (χ3v) is 3.95. The standard InChI is InChI=1S/C16H14ClNO2/c1-9-4-2-3-5-11(9)16(20)12-6-10-7-15(19)18-14(10)8-13(12)17/h2-6,8,16,20H,7H2,1H3,(H,18,19). The third kappa shape index (κ3) is 2.19. The van der Waals surface area contributed by atoms with Crippen molar-refractivity contribution in [3.05, 3.63) is 63.7 Å². The number of fused-ring (bicyclic) bond motifs is 1. The molecule has 0 fully saturated rings. The molecule has 1 unspecified atom stereocenters. The van der Waals surface area contributed by atoms with E-state index >= 15 is 0 Å². The monoisotopic (exact) mass is 287 g/mol. The minimum atomic E-state index is -0.787. The lowest BCUT2D eigenvalue weighted by molar-refractivity contribution is -0.115. The van der Waals surface area contributed by atoms with Crippen LogP contribution in [-0.4, -0.2) is 11.0 Å². The molecular weight excluding hydrogens is 274 g/mol. The molecule has 2 aromatic rings. The van der Waals surface area contributed by atoms with E-state index in [0.717, 1.165) is 22.4 Å². The Hall–Kier alpha value is -1.84. The third-order valence-electron chi connectivity index (χ3n) is 3.63. The Labute approximate surface area is 122 Å². The van der Waals surface area contributed by atoms with Crippen molar-refractivity contribution in [2.24, 2.45) is 0 Å². The van der Waals surface area contributed by atoms with Gasteiger partial charge in [-0.3, -0.25) is 4.79 Å². The molecule has 1 atom stereocenters.